The average molecular weight is 248 g/mol. The molecule has 1 nitrogen and oxygen atoms in total. The molecule has 1 aromatic carbocycles. The van der Waals surface area contributed by atoms with E-state index < -0.39 is 0 Å². The first kappa shape index (κ1) is 12.0. The normalized spacial score (nSPS) is 31.3. The van der Waals surface area contributed by atoms with E-state index >= 15 is 0 Å². The summed E-state index contributed by atoms with van der Waals surface area (Å²) in [7, 11) is 0. The molecule has 1 N–H and O–H groups in total. The lowest BCUT2D eigenvalue weighted by Gasteiger charge is -2.42. The second-order valence-corrected chi connectivity index (χ2v) is 6.39. The lowest BCUT2D eigenvalue weighted by molar-refractivity contribution is 0.241. The molecule has 1 fully saturated rings. The molecule has 0 radical (unpaired) electrons. The van der Waals surface area contributed by atoms with Gasteiger partial charge in [0.15, 0.2) is 0 Å². The maximum absolute atomic E-state index is 14.1. The van der Waals surface area contributed by atoms with Crippen LogP contribution in [-0.2, 0) is 11.8 Å². The van der Waals surface area contributed by atoms with Crippen molar-refractivity contribution in [3.63, 3.8) is 0 Å². The van der Waals surface area contributed by atoms with Gasteiger partial charge in [0.25, 0.3) is 0 Å². The fourth-order valence-electron chi connectivity index (χ4n) is 4.04. The van der Waals surface area contributed by atoms with Gasteiger partial charge in [-0.3, -0.25) is 0 Å². The van der Waals surface area contributed by atoms with E-state index in [1.165, 1.54) is 31.7 Å². The van der Waals surface area contributed by atoms with Crippen LogP contribution in [-0.4, -0.2) is 5.11 Å². The Morgan fingerprint density at radius 1 is 1.28 bits per heavy atom. The summed E-state index contributed by atoms with van der Waals surface area (Å²) in [5.41, 5.74) is 2.00. The second-order valence-electron chi connectivity index (χ2n) is 6.39. The Hall–Kier alpha value is -1.05. The first-order valence-electron chi connectivity index (χ1n) is 7.10. The number of aromatic hydroxyl groups is 1. The third kappa shape index (κ3) is 1.92. The van der Waals surface area contributed by atoms with Crippen molar-refractivity contribution < 1.29 is 9.50 Å². The van der Waals surface area contributed by atoms with Crippen LogP contribution in [0.2, 0.25) is 0 Å². The van der Waals surface area contributed by atoms with Crippen molar-refractivity contribution in [1.29, 1.82) is 0 Å². The monoisotopic (exact) mass is 248 g/mol. The number of fused-ring (bicyclic) bond motifs is 4. The van der Waals surface area contributed by atoms with Crippen LogP contribution < -0.4 is 0 Å². The molecule has 2 aliphatic carbocycles. The Morgan fingerprint density at radius 3 is 2.94 bits per heavy atom. The third-order valence-electron chi connectivity index (χ3n) is 4.90. The number of benzene rings is 1. The summed E-state index contributed by atoms with van der Waals surface area (Å²) in [4.78, 5) is 0. The summed E-state index contributed by atoms with van der Waals surface area (Å²) < 4.78 is 14.1. The van der Waals surface area contributed by atoms with Crippen molar-refractivity contribution in [3.05, 3.63) is 29.1 Å². The van der Waals surface area contributed by atoms with Gasteiger partial charge in [0, 0.05) is 6.07 Å². The van der Waals surface area contributed by atoms with Crippen LogP contribution in [0, 0.1) is 11.7 Å². The summed E-state index contributed by atoms with van der Waals surface area (Å²) in [5.74, 6) is 0.497. The minimum absolute atomic E-state index is 0.0677. The van der Waals surface area contributed by atoms with Crippen LogP contribution in [0.4, 0.5) is 4.39 Å². The Labute approximate surface area is 108 Å². The van der Waals surface area contributed by atoms with Crippen molar-refractivity contribution in [2.45, 2.75) is 57.3 Å². The van der Waals surface area contributed by atoms with Crippen LogP contribution in [0.15, 0.2) is 12.1 Å². The predicted octanol–water partition coefficient (Wildman–Crippen LogP) is 4.32. The van der Waals surface area contributed by atoms with Crippen LogP contribution >= 0.6 is 0 Å². The first-order chi connectivity index (χ1) is 8.58. The number of phenols is 1. The summed E-state index contributed by atoms with van der Waals surface area (Å²) >= 11 is 0. The van der Waals surface area contributed by atoms with Gasteiger partial charge in [-0.25, -0.2) is 4.39 Å². The SMILES string of the molecule is C[C@]12CCCCCC(Cc3c(F)cc(O)cc31)C2. The van der Waals surface area contributed by atoms with Gasteiger partial charge in [0.1, 0.15) is 11.6 Å². The number of halogens is 1. The van der Waals surface area contributed by atoms with Crippen LogP contribution in [0.25, 0.3) is 0 Å². The van der Waals surface area contributed by atoms with Gasteiger partial charge in [-0.15, -0.1) is 0 Å². The van der Waals surface area contributed by atoms with Crippen LogP contribution in [0.5, 0.6) is 5.75 Å². The van der Waals surface area contributed by atoms with Gasteiger partial charge in [0.05, 0.1) is 0 Å². The minimum atomic E-state index is -0.207. The Bertz CT molecular complexity index is 468. The second kappa shape index (κ2) is 4.25. The molecular weight excluding hydrogens is 227 g/mol. The van der Waals surface area contributed by atoms with Crippen molar-refractivity contribution in [2.24, 2.45) is 5.92 Å². The molecule has 1 saturated carbocycles. The summed E-state index contributed by atoms with van der Waals surface area (Å²) in [5, 5.41) is 9.67. The molecule has 0 spiro atoms. The van der Waals surface area contributed by atoms with E-state index in [-0.39, 0.29) is 17.0 Å². The molecule has 3 rings (SSSR count). The van der Waals surface area contributed by atoms with Crippen molar-refractivity contribution in [2.75, 3.05) is 0 Å². The lowest BCUT2D eigenvalue weighted by atomic mass is 9.63. The fraction of sp³-hybridized carbons (Fsp3) is 0.625. The molecule has 2 bridgehead atoms. The maximum Gasteiger partial charge on any atom is 0.130 e. The smallest absolute Gasteiger partial charge is 0.130 e. The van der Waals surface area contributed by atoms with E-state index in [9.17, 15) is 9.50 Å². The average Bonchev–Trinajstić information content (AvgIpc) is 2.28. The number of hydrogen-bond acceptors (Lipinski definition) is 1. The lowest BCUT2D eigenvalue weighted by Crippen LogP contribution is -2.34. The Morgan fingerprint density at radius 2 is 2.11 bits per heavy atom. The molecule has 0 amide bonds. The molecule has 0 aliphatic heterocycles. The molecule has 0 saturated heterocycles. The maximum atomic E-state index is 14.1. The fourth-order valence-corrected chi connectivity index (χ4v) is 4.04. The van der Waals surface area contributed by atoms with Gasteiger partial charge in [0.2, 0.25) is 0 Å². The Balaban J connectivity index is 2.11. The number of phenolic OH excluding ortho intramolecular Hbond substituents is 1. The summed E-state index contributed by atoms with van der Waals surface area (Å²) in [6.45, 7) is 2.25. The Kier molecular flexibility index (Phi) is 2.84. The molecule has 0 heterocycles. The molecule has 98 valence electrons. The molecular formula is C16H21FO. The quantitative estimate of drug-likeness (QED) is 0.725. The van der Waals surface area contributed by atoms with Crippen molar-refractivity contribution >= 4 is 0 Å². The zero-order valence-corrected chi connectivity index (χ0v) is 11.0. The first-order valence-corrected chi connectivity index (χ1v) is 7.10. The summed E-state index contributed by atoms with van der Waals surface area (Å²) in [6.07, 6.45) is 8.17. The van der Waals surface area contributed by atoms with Crippen LogP contribution in [0.3, 0.4) is 0 Å². The van der Waals surface area contributed by atoms with E-state index in [1.807, 2.05) is 0 Å². The molecule has 2 aliphatic rings. The molecule has 0 aromatic heterocycles. The van der Waals surface area contributed by atoms with Crippen molar-refractivity contribution in [1.82, 2.24) is 0 Å². The standard InChI is InChI=1S/C16H21FO/c1-16-6-4-2-3-5-11(10-16)7-13-14(16)8-12(18)9-15(13)17/h8-9,11,18H,2-7,10H2,1H3/t11?,16-/m1/s1. The zero-order valence-electron chi connectivity index (χ0n) is 11.0. The molecule has 18 heavy (non-hydrogen) atoms. The van der Waals surface area contributed by atoms with E-state index in [2.05, 4.69) is 6.92 Å². The van der Waals surface area contributed by atoms with E-state index in [4.69, 9.17) is 0 Å². The topological polar surface area (TPSA) is 20.2 Å². The van der Waals surface area contributed by atoms with E-state index in [1.54, 1.807) is 6.07 Å². The highest BCUT2D eigenvalue weighted by atomic mass is 19.1. The van der Waals surface area contributed by atoms with Crippen LogP contribution in [0.1, 0.15) is 56.6 Å². The highest BCUT2D eigenvalue weighted by molar-refractivity contribution is 5.43. The zero-order chi connectivity index (χ0) is 12.8. The van der Waals surface area contributed by atoms with Gasteiger partial charge >= 0.3 is 0 Å². The van der Waals surface area contributed by atoms with Gasteiger partial charge < -0.3 is 5.11 Å². The highest BCUT2D eigenvalue weighted by Gasteiger charge is 2.38. The number of hydrogen-bond donors (Lipinski definition) is 1. The van der Waals surface area contributed by atoms with Gasteiger partial charge in [-0.05, 0) is 47.8 Å². The van der Waals surface area contributed by atoms with Crippen molar-refractivity contribution in [3.8, 4) is 5.75 Å². The minimum Gasteiger partial charge on any atom is -0.508 e. The molecule has 2 atom stereocenters. The van der Waals surface area contributed by atoms with Gasteiger partial charge in [-0.2, -0.15) is 0 Å². The predicted molar refractivity (Wildman–Crippen MR) is 70.3 cm³/mol. The van der Waals surface area contributed by atoms with E-state index in [0.29, 0.717) is 5.92 Å². The summed E-state index contributed by atoms with van der Waals surface area (Å²) in [6, 6.07) is 3.07. The third-order valence-corrected chi connectivity index (χ3v) is 4.90. The number of rotatable bonds is 0. The largest absolute Gasteiger partial charge is 0.508 e. The highest BCUT2D eigenvalue weighted by Crippen LogP contribution is 2.47. The molecule has 1 unspecified atom stereocenters. The molecule has 1 aromatic rings. The molecule has 2 heteroatoms. The van der Waals surface area contributed by atoms with E-state index in [0.717, 1.165) is 30.4 Å². The van der Waals surface area contributed by atoms with Gasteiger partial charge in [-0.1, -0.05) is 32.6 Å².